The number of carbonyl (C=O) groups is 1. The monoisotopic (exact) mass is 250 g/mol. The standard InChI is InChI=1S/C16H14N2O/c1-18-13-9-5-3-7-11(13)14-10-6-2-4-8-12(10)17-15(14)16(18)19/h2-9,14-15,17H,1H3/t14-,15+/m0/s1. The van der Waals surface area contributed by atoms with Gasteiger partial charge in [0.1, 0.15) is 6.04 Å². The van der Waals surface area contributed by atoms with Gasteiger partial charge < -0.3 is 10.2 Å². The number of para-hydroxylation sites is 2. The van der Waals surface area contributed by atoms with Gasteiger partial charge in [-0.15, -0.1) is 0 Å². The molecule has 0 bridgehead atoms. The summed E-state index contributed by atoms with van der Waals surface area (Å²) in [6.45, 7) is 0. The summed E-state index contributed by atoms with van der Waals surface area (Å²) in [4.78, 5) is 14.3. The van der Waals surface area contributed by atoms with Crippen molar-refractivity contribution in [2.24, 2.45) is 0 Å². The van der Waals surface area contributed by atoms with Crippen LogP contribution in [0.15, 0.2) is 48.5 Å². The van der Waals surface area contributed by atoms with Crippen LogP contribution in [0.5, 0.6) is 0 Å². The van der Waals surface area contributed by atoms with E-state index in [0.29, 0.717) is 0 Å². The fourth-order valence-electron chi connectivity index (χ4n) is 3.26. The van der Waals surface area contributed by atoms with E-state index in [4.69, 9.17) is 0 Å². The summed E-state index contributed by atoms with van der Waals surface area (Å²) in [7, 11) is 1.85. The number of anilines is 2. The fourth-order valence-corrected chi connectivity index (χ4v) is 3.26. The smallest absolute Gasteiger partial charge is 0.250 e. The Bertz CT molecular complexity index is 680. The second-order valence-electron chi connectivity index (χ2n) is 5.14. The number of hydrogen-bond acceptors (Lipinski definition) is 2. The van der Waals surface area contributed by atoms with Crippen molar-refractivity contribution >= 4 is 17.3 Å². The molecule has 2 aromatic carbocycles. The molecule has 2 aromatic rings. The number of rotatable bonds is 0. The minimum atomic E-state index is -0.169. The van der Waals surface area contributed by atoms with Gasteiger partial charge in [-0.25, -0.2) is 0 Å². The Labute approximate surface area is 111 Å². The molecule has 0 fully saturated rings. The van der Waals surface area contributed by atoms with Crippen molar-refractivity contribution in [2.45, 2.75) is 12.0 Å². The van der Waals surface area contributed by atoms with Crippen LogP contribution < -0.4 is 10.2 Å². The second-order valence-corrected chi connectivity index (χ2v) is 5.14. The molecule has 0 aliphatic carbocycles. The van der Waals surface area contributed by atoms with Crippen molar-refractivity contribution in [2.75, 3.05) is 17.3 Å². The zero-order valence-electron chi connectivity index (χ0n) is 10.6. The molecule has 4 rings (SSSR count). The quantitative estimate of drug-likeness (QED) is 0.779. The number of benzene rings is 2. The molecule has 0 radical (unpaired) electrons. The van der Waals surface area contributed by atoms with Gasteiger partial charge in [-0.05, 0) is 23.3 Å². The maximum Gasteiger partial charge on any atom is 0.250 e. The van der Waals surface area contributed by atoms with Crippen molar-refractivity contribution in [3.63, 3.8) is 0 Å². The van der Waals surface area contributed by atoms with Gasteiger partial charge >= 0.3 is 0 Å². The van der Waals surface area contributed by atoms with Crippen molar-refractivity contribution < 1.29 is 4.79 Å². The van der Waals surface area contributed by atoms with Crippen LogP contribution in [-0.2, 0) is 4.79 Å². The highest BCUT2D eigenvalue weighted by atomic mass is 16.2. The third-order valence-electron chi connectivity index (χ3n) is 4.17. The Balaban J connectivity index is 1.98. The highest BCUT2D eigenvalue weighted by Crippen LogP contribution is 2.46. The van der Waals surface area contributed by atoms with E-state index in [0.717, 1.165) is 11.4 Å². The number of fused-ring (bicyclic) bond motifs is 5. The third kappa shape index (κ3) is 1.30. The summed E-state index contributed by atoms with van der Waals surface area (Å²) >= 11 is 0. The van der Waals surface area contributed by atoms with Gasteiger partial charge in [-0.2, -0.15) is 0 Å². The van der Waals surface area contributed by atoms with Crippen LogP contribution >= 0.6 is 0 Å². The molecule has 0 saturated carbocycles. The molecule has 0 aromatic heterocycles. The molecule has 94 valence electrons. The molecule has 2 aliphatic heterocycles. The topological polar surface area (TPSA) is 32.3 Å². The van der Waals surface area contributed by atoms with Crippen LogP contribution in [-0.4, -0.2) is 19.0 Å². The summed E-state index contributed by atoms with van der Waals surface area (Å²) in [5.74, 6) is 0.274. The summed E-state index contributed by atoms with van der Waals surface area (Å²) in [6, 6.07) is 16.2. The van der Waals surface area contributed by atoms with Gasteiger partial charge in [0.2, 0.25) is 5.91 Å². The van der Waals surface area contributed by atoms with E-state index in [1.807, 2.05) is 43.4 Å². The van der Waals surface area contributed by atoms with E-state index in [2.05, 4.69) is 17.4 Å². The van der Waals surface area contributed by atoms with Crippen LogP contribution in [0.1, 0.15) is 17.0 Å². The average molecular weight is 250 g/mol. The molecule has 2 aliphatic rings. The SMILES string of the molecule is CN1C(=O)[C@@H]2Nc3ccccc3[C@H]2c2ccccc21. The molecule has 0 spiro atoms. The second kappa shape index (κ2) is 3.60. The van der Waals surface area contributed by atoms with Crippen LogP contribution in [0.3, 0.4) is 0 Å². The zero-order chi connectivity index (χ0) is 13.0. The first-order valence-corrected chi connectivity index (χ1v) is 6.49. The predicted octanol–water partition coefficient (Wildman–Crippen LogP) is 2.59. The Kier molecular flexibility index (Phi) is 2.01. The van der Waals surface area contributed by atoms with Crippen LogP contribution in [0.4, 0.5) is 11.4 Å². The van der Waals surface area contributed by atoms with Gasteiger partial charge in [0.05, 0.1) is 0 Å². The van der Waals surface area contributed by atoms with Crippen LogP contribution in [0.25, 0.3) is 0 Å². The first-order valence-electron chi connectivity index (χ1n) is 6.49. The maximum atomic E-state index is 12.5. The lowest BCUT2D eigenvalue weighted by atomic mass is 9.83. The van der Waals surface area contributed by atoms with Crippen LogP contribution in [0, 0.1) is 0 Å². The Morgan fingerprint density at radius 2 is 1.68 bits per heavy atom. The molecule has 1 N–H and O–H groups in total. The van der Waals surface area contributed by atoms with Gasteiger partial charge in [-0.1, -0.05) is 36.4 Å². The highest BCUT2D eigenvalue weighted by Gasteiger charge is 2.44. The maximum absolute atomic E-state index is 12.5. The van der Waals surface area contributed by atoms with E-state index in [1.54, 1.807) is 4.90 Å². The van der Waals surface area contributed by atoms with E-state index < -0.39 is 0 Å². The molecule has 3 nitrogen and oxygen atoms in total. The van der Waals surface area contributed by atoms with E-state index in [1.165, 1.54) is 11.1 Å². The molecule has 3 heteroatoms. The molecular formula is C16H14N2O. The first-order chi connectivity index (χ1) is 9.27. The summed E-state index contributed by atoms with van der Waals surface area (Å²) < 4.78 is 0. The lowest BCUT2D eigenvalue weighted by Gasteiger charge is -2.34. The van der Waals surface area contributed by atoms with Crippen LogP contribution in [0.2, 0.25) is 0 Å². The van der Waals surface area contributed by atoms with Crippen molar-refractivity contribution in [3.8, 4) is 0 Å². The Hall–Kier alpha value is -2.29. The Morgan fingerprint density at radius 1 is 1.00 bits per heavy atom. The number of likely N-dealkylation sites (N-methyl/N-ethyl adjacent to an activating group) is 1. The minimum Gasteiger partial charge on any atom is -0.373 e. The summed E-state index contributed by atoms with van der Waals surface area (Å²) in [5.41, 5.74) is 4.55. The molecule has 0 saturated heterocycles. The lowest BCUT2D eigenvalue weighted by Crippen LogP contribution is -2.46. The molecule has 1 amide bonds. The first kappa shape index (κ1) is 10.6. The fraction of sp³-hybridized carbons (Fsp3) is 0.188. The number of nitrogens with one attached hydrogen (secondary N) is 1. The zero-order valence-corrected chi connectivity index (χ0v) is 10.6. The van der Waals surface area contributed by atoms with Crippen molar-refractivity contribution in [1.82, 2.24) is 0 Å². The molecular weight excluding hydrogens is 236 g/mol. The van der Waals surface area contributed by atoms with E-state index in [9.17, 15) is 4.79 Å². The summed E-state index contributed by atoms with van der Waals surface area (Å²) in [5, 5.41) is 3.37. The predicted molar refractivity (Wildman–Crippen MR) is 75.5 cm³/mol. The number of amides is 1. The minimum absolute atomic E-state index is 0.135. The Morgan fingerprint density at radius 3 is 2.53 bits per heavy atom. The van der Waals surface area contributed by atoms with Gasteiger partial charge in [-0.3, -0.25) is 4.79 Å². The van der Waals surface area contributed by atoms with E-state index >= 15 is 0 Å². The number of carbonyl (C=O) groups excluding carboxylic acids is 1. The molecule has 19 heavy (non-hydrogen) atoms. The van der Waals surface area contributed by atoms with Crippen molar-refractivity contribution in [1.29, 1.82) is 0 Å². The van der Waals surface area contributed by atoms with Gasteiger partial charge in [0.25, 0.3) is 0 Å². The normalized spacial score (nSPS) is 23.4. The molecule has 2 heterocycles. The van der Waals surface area contributed by atoms with Gasteiger partial charge in [0, 0.05) is 24.3 Å². The largest absolute Gasteiger partial charge is 0.373 e. The average Bonchev–Trinajstić information content (AvgIpc) is 2.84. The molecule has 2 atom stereocenters. The molecule has 0 unspecified atom stereocenters. The van der Waals surface area contributed by atoms with Gasteiger partial charge in [0.15, 0.2) is 0 Å². The third-order valence-corrected chi connectivity index (χ3v) is 4.17. The highest BCUT2D eigenvalue weighted by molar-refractivity contribution is 6.04. The number of nitrogens with zero attached hydrogens (tertiary/aromatic N) is 1. The lowest BCUT2D eigenvalue weighted by molar-refractivity contribution is -0.119. The summed E-state index contributed by atoms with van der Waals surface area (Å²) in [6.07, 6.45) is 0. The van der Waals surface area contributed by atoms with E-state index in [-0.39, 0.29) is 17.9 Å². The number of hydrogen-bond donors (Lipinski definition) is 1. The van der Waals surface area contributed by atoms with Crippen molar-refractivity contribution in [3.05, 3.63) is 59.7 Å².